The van der Waals surface area contributed by atoms with Crippen molar-refractivity contribution >= 4 is 28.8 Å². The number of rotatable bonds is 2. The maximum atomic E-state index is 5.85. The van der Waals surface area contributed by atoms with Crippen LogP contribution in [0, 0.1) is 6.92 Å². The first-order valence-electron chi connectivity index (χ1n) is 3.70. The van der Waals surface area contributed by atoms with E-state index in [1.54, 1.807) is 13.2 Å². The second-order valence-electron chi connectivity index (χ2n) is 2.67. The number of ether oxygens (including phenoxy) is 1. The lowest BCUT2D eigenvalue weighted by Crippen LogP contribution is -2.11. The molecule has 1 aromatic rings. The third-order valence-electron chi connectivity index (χ3n) is 1.71. The standard InChI is InChI=1S/C9H10ClNOS/c1-5-3-6(10)4-7(9(11)13)8(5)12-2/h3-4H,1-2H3,(H2,11,13). The summed E-state index contributed by atoms with van der Waals surface area (Å²) in [6, 6.07) is 3.51. The second kappa shape index (κ2) is 3.94. The van der Waals surface area contributed by atoms with E-state index in [1.807, 2.05) is 13.0 Å². The molecule has 0 aliphatic carbocycles. The van der Waals surface area contributed by atoms with E-state index < -0.39 is 0 Å². The van der Waals surface area contributed by atoms with Gasteiger partial charge < -0.3 is 10.5 Å². The van der Waals surface area contributed by atoms with Crippen molar-refractivity contribution in [1.29, 1.82) is 0 Å². The van der Waals surface area contributed by atoms with Gasteiger partial charge in [0.15, 0.2) is 0 Å². The number of thiocarbonyl (C=S) groups is 1. The van der Waals surface area contributed by atoms with Crippen LogP contribution >= 0.6 is 23.8 Å². The van der Waals surface area contributed by atoms with Crippen LogP contribution < -0.4 is 10.5 Å². The van der Waals surface area contributed by atoms with Crippen LogP contribution in [0.2, 0.25) is 5.02 Å². The van der Waals surface area contributed by atoms with Gasteiger partial charge in [-0.05, 0) is 24.6 Å². The minimum absolute atomic E-state index is 0.294. The highest BCUT2D eigenvalue weighted by Gasteiger charge is 2.09. The molecule has 0 radical (unpaired) electrons. The maximum absolute atomic E-state index is 5.85. The highest BCUT2D eigenvalue weighted by Crippen LogP contribution is 2.27. The number of benzene rings is 1. The molecule has 0 aliphatic rings. The average molecular weight is 216 g/mol. The van der Waals surface area contributed by atoms with Gasteiger partial charge in [0.25, 0.3) is 0 Å². The maximum Gasteiger partial charge on any atom is 0.132 e. The zero-order valence-electron chi connectivity index (χ0n) is 7.43. The highest BCUT2D eigenvalue weighted by molar-refractivity contribution is 7.80. The van der Waals surface area contributed by atoms with E-state index in [-0.39, 0.29) is 0 Å². The molecule has 0 saturated heterocycles. The molecule has 0 fully saturated rings. The molecule has 13 heavy (non-hydrogen) atoms. The molecular weight excluding hydrogens is 206 g/mol. The summed E-state index contributed by atoms with van der Waals surface area (Å²) in [6.07, 6.45) is 0. The minimum Gasteiger partial charge on any atom is -0.496 e. The molecule has 0 unspecified atom stereocenters. The fourth-order valence-corrected chi connectivity index (χ4v) is 1.61. The van der Waals surface area contributed by atoms with Crippen molar-refractivity contribution in [2.45, 2.75) is 6.92 Å². The normalized spacial score (nSPS) is 9.77. The van der Waals surface area contributed by atoms with Gasteiger partial charge in [0.05, 0.1) is 12.7 Å². The molecule has 4 heteroatoms. The van der Waals surface area contributed by atoms with E-state index in [0.29, 0.717) is 21.3 Å². The number of hydrogen-bond acceptors (Lipinski definition) is 2. The van der Waals surface area contributed by atoms with Gasteiger partial charge >= 0.3 is 0 Å². The lowest BCUT2D eigenvalue weighted by molar-refractivity contribution is 0.411. The van der Waals surface area contributed by atoms with Crippen molar-refractivity contribution in [3.8, 4) is 5.75 Å². The first-order valence-corrected chi connectivity index (χ1v) is 4.49. The second-order valence-corrected chi connectivity index (χ2v) is 3.54. The Labute approximate surface area is 87.6 Å². The Bertz CT molecular complexity index is 352. The monoisotopic (exact) mass is 215 g/mol. The number of nitrogens with two attached hydrogens (primary N) is 1. The Morgan fingerprint density at radius 3 is 2.62 bits per heavy atom. The summed E-state index contributed by atoms with van der Waals surface area (Å²) in [6.45, 7) is 1.90. The molecule has 1 aromatic carbocycles. The van der Waals surface area contributed by atoms with E-state index >= 15 is 0 Å². The fraction of sp³-hybridized carbons (Fsp3) is 0.222. The van der Waals surface area contributed by atoms with Crippen molar-refractivity contribution in [3.63, 3.8) is 0 Å². The minimum atomic E-state index is 0.294. The molecule has 0 atom stereocenters. The average Bonchev–Trinajstić information content (AvgIpc) is 2.02. The van der Waals surface area contributed by atoms with Gasteiger partial charge in [-0.25, -0.2) is 0 Å². The number of aryl methyl sites for hydroxylation is 1. The number of methoxy groups -OCH3 is 1. The largest absolute Gasteiger partial charge is 0.496 e. The summed E-state index contributed by atoms with van der Waals surface area (Å²) in [5.41, 5.74) is 7.13. The first-order chi connectivity index (χ1) is 6.06. The Morgan fingerprint density at radius 1 is 1.54 bits per heavy atom. The molecule has 70 valence electrons. The predicted molar refractivity (Wildman–Crippen MR) is 58.6 cm³/mol. The molecule has 2 N–H and O–H groups in total. The zero-order chi connectivity index (χ0) is 10.0. The van der Waals surface area contributed by atoms with E-state index in [0.717, 1.165) is 5.56 Å². The van der Waals surface area contributed by atoms with Gasteiger partial charge in [-0.1, -0.05) is 23.8 Å². The fourth-order valence-electron chi connectivity index (χ4n) is 1.18. The highest BCUT2D eigenvalue weighted by atomic mass is 35.5. The van der Waals surface area contributed by atoms with Gasteiger partial charge in [0, 0.05) is 5.02 Å². The Hall–Kier alpha value is -0.800. The van der Waals surface area contributed by atoms with Crippen LogP contribution in [-0.2, 0) is 0 Å². The molecule has 0 saturated carbocycles. The Kier molecular flexibility index (Phi) is 3.12. The summed E-state index contributed by atoms with van der Waals surface area (Å²) >= 11 is 10.7. The quantitative estimate of drug-likeness (QED) is 0.769. The van der Waals surface area contributed by atoms with Gasteiger partial charge in [-0.3, -0.25) is 0 Å². The van der Waals surface area contributed by atoms with E-state index in [2.05, 4.69) is 0 Å². The summed E-state index contributed by atoms with van der Waals surface area (Å²) in [5.74, 6) is 0.692. The molecular formula is C9H10ClNOS. The molecule has 1 rings (SSSR count). The molecule has 2 nitrogen and oxygen atoms in total. The van der Waals surface area contributed by atoms with Gasteiger partial charge in [0.2, 0.25) is 0 Å². The topological polar surface area (TPSA) is 35.2 Å². The van der Waals surface area contributed by atoms with Gasteiger partial charge in [-0.2, -0.15) is 0 Å². The van der Waals surface area contributed by atoms with Crippen molar-refractivity contribution in [1.82, 2.24) is 0 Å². The lowest BCUT2D eigenvalue weighted by atomic mass is 10.1. The van der Waals surface area contributed by atoms with Crippen LogP contribution in [0.1, 0.15) is 11.1 Å². The van der Waals surface area contributed by atoms with Crippen LogP contribution in [0.3, 0.4) is 0 Å². The van der Waals surface area contributed by atoms with Crippen molar-refractivity contribution in [2.75, 3.05) is 7.11 Å². The third kappa shape index (κ3) is 2.11. The molecule has 0 spiro atoms. The summed E-state index contributed by atoms with van der Waals surface area (Å²) in [4.78, 5) is 0.294. The lowest BCUT2D eigenvalue weighted by Gasteiger charge is -2.10. The zero-order valence-corrected chi connectivity index (χ0v) is 9.00. The van der Waals surface area contributed by atoms with Crippen molar-refractivity contribution in [3.05, 3.63) is 28.3 Å². The molecule has 0 heterocycles. The molecule has 0 amide bonds. The summed E-state index contributed by atoms with van der Waals surface area (Å²) in [7, 11) is 1.58. The van der Waals surface area contributed by atoms with Crippen LogP contribution in [0.4, 0.5) is 0 Å². The van der Waals surface area contributed by atoms with Gasteiger partial charge in [0.1, 0.15) is 10.7 Å². The summed E-state index contributed by atoms with van der Waals surface area (Å²) < 4.78 is 5.17. The SMILES string of the molecule is COc1c(C)cc(Cl)cc1C(N)=S. The van der Waals surface area contributed by atoms with E-state index in [9.17, 15) is 0 Å². The number of halogens is 1. The molecule has 0 bridgehead atoms. The van der Waals surface area contributed by atoms with Crippen molar-refractivity contribution in [2.24, 2.45) is 5.73 Å². The first kappa shape index (κ1) is 10.3. The number of hydrogen-bond donors (Lipinski definition) is 1. The van der Waals surface area contributed by atoms with Gasteiger partial charge in [-0.15, -0.1) is 0 Å². The van der Waals surface area contributed by atoms with Crippen molar-refractivity contribution < 1.29 is 4.74 Å². The third-order valence-corrected chi connectivity index (χ3v) is 2.15. The van der Waals surface area contributed by atoms with E-state index in [1.165, 1.54) is 0 Å². The van der Waals surface area contributed by atoms with Crippen LogP contribution in [0.15, 0.2) is 12.1 Å². The van der Waals surface area contributed by atoms with Crippen LogP contribution in [0.25, 0.3) is 0 Å². The summed E-state index contributed by atoms with van der Waals surface area (Å²) in [5, 5.41) is 0.612. The molecule has 0 aliphatic heterocycles. The smallest absolute Gasteiger partial charge is 0.132 e. The van der Waals surface area contributed by atoms with Crippen LogP contribution in [-0.4, -0.2) is 12.1 Å². The predicted octanol–water partition coefficient (Wildman–Crippen LogP) is 2.29. The van der Waals surface area contributed by atoms with Crippen LogP contribution in [0.5, 0.6) is 5.75 Å². The molecule has 0 aromatic heterocycles. The Balaban J connectivity index is 3.38. The Morgan fingerprint density at radius 2 is 2.15 bits per heavy atom. The van der Waals surface area contributed by atoms with E-state index in [4.69, 9.17) is 34.3 Å².